The number of aliphatic imine (C=N–C) groups is 1. The van der Waals surface area contributed by atoms with Gasteiger partial charge in [0.1, 0.15) is 5.84 Å². The van der Waals surface area contributed by atoms with Crippen LogP contribution in [-0.4, -0.2) is 34.9 Å². The highest BCUT2D eigenvalue weighted by Gasteiger charge is 2.58. The SMILES string of the molecule is Cc1cc(C)c(N=C2[C@H](N3CCCC3)C3(CCCCC3)C(=S)N2c2cccc(C(F)(F)F)c2)c(C)c1. The monoisotopic (exact) mass is 513 g/mol. The van der Waals surface area contributed by atoms with Crippen molar-refractivity contribution in [2.75, 3.05) is 18.0 Å². The van der Waals surface area contributed by atoms with Gasteiger partial charge in [-0.3, -0.25) is 9.80 Å². The lowest BCUT2D eigenvalue weighted by Crippen LogP contribution is -2.49. The molecule has 3 fully saturated rings. The van der Waals surface area contributed by atoms with Crippen LogP contribution in [0.1, 0.15) is 67.2 Å². The second kappa shape index (κ2) is 9.56. The maximum atomic E-state index is 13.7. The third-order valence-electron chi connectivity index (χ3n) is 8.17. The molecule has 3 nitrogen and oxygen atoms in total. The quantitative estimate of drug-likeness (QED) is 0.389. The Morgan fingerprint density at radius 2 is 1.56 bits per heavy atom. The zero-order valence-corrected chi connectivity index (χ0v) is 22.1. The number of alkyl halides is 3. The van der Waals surface area contributed by atoms with E-state index in [-0.39, 0.29) is 11.5 Å². The van der Waals surface area contributed by atoms with Crippen molar-refractivity contribution in [3.8, 4) is 0 Å². The molecule has 2 heterocycles. The molecule has 5 rings (SSSR count). The van der Waals surface area contributed by atoms with E-state index in [1.807, 2.05) is 4.90 Å². The number of hydrogen-bond acceptors (Lipinski definition) is 3. The second-order valence-corrected chi connectivity index (χ2v) is 11.2. The number of likely N-dealkylation sites (tertiary alicyclic amines) is 1. The van der Waals surface area contributed by atoms with Crippen molar-refractivity contribution in [3.05, 3.63) is 58.7 Å². The Bertz CT molecular complexity index is 1170. The van der Waals surface area contributed by atoms with E-state index in [1.54, 1.807) is 6.07 Å². The molecule has 2 aromatic rings. The average molecular weight is 514 g/mol. The summed E-state index contributed by atoms with van der Waals surface area (Å²) in [7, 11) is 0. The highest BCUT2D eigenvalue weighted by atomic mass is 32.1. The summed E-state index contributed by atoms with van der Waals surface area (Å²) in [5.74, 6) is 0.790. The lowest BCUT2D eigenvalue weighted by Gasteiger charge is -2.41. The van der Waals surface area contributed by atoms with Gasteiger partial charge in [-0.25, -0.2) is 4.99 Å². The number of hydrogen-bond donors (Lipinski definition) is 0. The van der Waals surface area contributed by atoms with E-state index in [0.29, 0.717) is 5.69 Å². The summed E-state index contributed by atoms with van der Waals surface area (Å²) < 4.78 is 41.2. The molecule has 0 bridgehead atoms. The van der Waals surface area contributed by atoms with Crippen LogP contribution < -0.4 is 4.90 Å². The number of rotatable bonds is 3. The number of nitrogens with zero attached hydrogens (tertiary/aromatic N) is 3. The summed E-state index contributed by atoms with van der Waals surface area (Å²) in [6.45, 7) is 8.12. The van der Waals surface area contributed by atoms with Crippen molar-refractivity contribution in [1.82, 2.24) is 4.90 Å². The van der Waals surface area contributed by atoms with Crippen LogP contribution >= 0.6 is 12.2 Å². The van der Waals surface area contributed by atoms with E-state index < -0.39 is 11.7 Å². The summed E-state index contributed by atoms with van der Waals surface area (Å²) >= 11 is 6.22. The van der Waals surface area contributed by atoms with Gasteiger partial charge in [0.05, 0.1) is 22.3 Å². The smallest absolute Gasteiger partial charge is 0.293 e. The van der Waals surface area contributed by atoms with E-state index in [1.165, 1.54) is 24.1 Å². The zero-order chi connectivity index (χ0) is 25.7. The first kappa shape index (κ1) is 25.4. The minimum Gasteiger partial charge on any atom is -0.293 e. The minimum absolute atomic E-state index is 0.0255. The number of aryl methyl sites for hydroxylation is 3. The normalized spacial score (nSPS) is 23.8. The molecule has 1 atom stereocenters. The van der Waals surface area contributed by atoms with Crippen molar-refractivity contribution in [2.24, 2.45) is 10.4 Å². The standard InChI is InChI=1S/C29H34F3N3S/c1-19-16-20(2)24(21(3)17-19)33-26-25(34-14-7-8-15-34)28(12-5-4-6-13-28)27(36)35(26)23-11-9-10-22(18-23)29(30,31)32/h9-11,16-18,25H,4-8,12-15H2,1-3H3/t25-/m0/s1. The molecule has 1 spiro atoms. The molecule has 3 aliphatic rings. The fourth-order valence-electron chi connectivity index (χ4n) is 6.64. The summed E-state index contributed by atoms with van der Waals surface area (Å²) in [6, 6.07) is 9.81. The van der Waals surface area contributed by atoms with Crippen molar-refractivity contribution in [2.45, 2.75) is 77.9 Å². The number of amidine groups is 1. The van der Waals surface area contributed by atoms with Gasteiger partial charge in [-0.15, -0.1) is 0 Å². The zero-order valence-electron chi connectivity index (χ0n) is 21.3. The van der Waals surface area contributed by atoms with Gasteiger partial charge in [0.2, 0.25) is 0 Å². The lowest BCUT2D eigenvalue weighted by molar-refractivity contribution is -0.137. The first-order chi connectivity index (χ1) is 17.1. The molecule has 1 saturated carbocycles. The molecule has 192 valence electrons. The largest absolute Gasteiger partial charge is 0.416 e. The average Bonchev–Trinajstić information content (AvgIpc) is 3.42. The number of halogens is 3. The summed E-state index contributed by atoms with van der Waals surface area (Å²) in [5, 5.41) is 0. The predicted molar refractivity (Wildman–Crippen MR) is 144 cm³/mol. The van der Waals surface area contributed by atoms with Crippen LogP contribution in [-0.2, 0) is 6.18 Å². The van der Waals surface area contributed by atoms with Gasteiger partial charge < -0.3 is 0 Å². The van der Waals surface area contributed by atoms with Gasteiger partial charge >= 0.3 is 6.18 Å². The molecule has 36 heavy (non-hydrogen) atoms. The first-order valence-electron chi connectivity index (χ1n) is 13.0. The second-order valence-electron chi connectivity index (χ2n) is 10.8. The van der Waals surface area contributed by atoms with Crippen molar-refractivity contribution in [1.29, 1.82) is 0 Å². The third kappa shape index (κ3) is 4.38. The van der Waals surface area contributed by atoms with Crippen LogP contribution in [0.4, 0.5) is 24.5 Å². The Labute approximate surface area is 217 Å². The van der Waals surface area contributed by atoms with Crippen LogP contribution in [0.3, 0.4) is 0 Å². The highest BCUT2D eigenvalue weighted by Crippen LogP contribution is 2.51. The Kier molecular flexibility index (Phi) is 6.75. The van der Waals surface area contributed by atoms with E-state index in [4.69, 9.17) is 17.2 Å². The van der Waals surface area contributed by atoms with E-state index in [9.17, 15) is 13.2 Å². The topological polar surface area (TPSA) is 18.8 Å². The van der Waals surface area contributed by atoms with Crippen molar-refractivity contribution >= 4 is 34.4 Å². The predicted octanol–water partition coefficient (Wildman–Crippen LogP) is 7.92. The van der Waals surface area contributed by atoms with Gasteiger partial charge in [0.25, 0.3) is 0 Å². The van der Waals surface area contributed by atoms with Crippen molar-refractivity contribution in [3.63, 3.8) is 0 Å². The van der Waals surface area contributed by atoms with E-state index >= 15 is 0 Å². The summed E-state index contributed by atoms with van der Waals surface area (Å²) in [4.78, 5) is 10.4. The Morgan fingerprint density at radius 1 is 0.917 bits per heavy atom. The highest BCUT2D eigenvalue weighted by molar-refractivity contribution is 7.80. The molecule has 2 aliphatic heterocycles. The third-order valence-corrected chi connectivity index (χ3v) is 8.76. The van der Waals surface area contributed by atoms with Gasteiger partial charge in [0.15, 0.2) is 0 Å². The maximum absolute atomic E-state index is 13.7. The number of thiocarbonyl (C=S) groups is 1. The Balaban J connectivity index is 1.74. The minimum atomic E-state index is -4.42. The van der Waals surface area contributed by atoms with Gasteiger partial charge in [-0.2, -0.15) is 13.2 Å². The van der Waals surface area contributed by atoms with Crippen LogP contribution in [0, 0.1) is 26.2 Å². The van der Waals surface area contributed by atoms with Crippen LogP contribution in [0.25, 0.3) is 0 Å². The van der Waals surface area contributed by atoms with Crippen LogP contribution in [0.2, 0.25) is 0 Å². The van der Waals surface area contributed by atoms with Gasteiger partial charge in [-0.05, 0) is 88.9 Å². The van der Waals surface area contributed by atoms with Gasteiger partial charge in [-0.1, -0.05) is 55.2 Å². The van der Waals surface area contributed by atoms with Crippen LogP contribution in [0.5, 0.6) is 0 Å². The molecule has 0 amide bonds. The molecule has 0 N–H and O–H groups in total. The molecule has 2 aromatic carbocycles. The molecule has 0 unspecified atom stereocenters. The molecule has 1 aliphatic carbocycles. The first-order valence-corrected chi connectivity index (χ1v) is 13.4. The molecular weight excluding hydrogens is 479 g/mol. The fraction of sp³-hybridized carbons (Fsp3) is 0.517. The summed E-state index contributed by atoms with van der Waals surface area (Å²) in [6.07, 6.45) is 3.06. The number of benzene rings is 2. The van der Waals surface area contributed by atoms with Crippen molar-refractivity contribution < 1.29 is 13.2 Å². The Hall–Kier alpha value is -2.25. The molecular formula is C29H34F3N3S. The molecule has 7 heteroatoms. The lowest BCUT2D eigenvalue weighted by atomic mass is 9.70. The van der Waals surface area contributed by atoms with Gasteiger partial charge in [0, 0.05) is 11.1 Å². The summed E-state index contributed by atoms with van der Waals surface area (Å²) in [5.41, 5.74) is 3.73. The fourth-order valence-corrected chi connectivity index (χ4v) is 7.16. The van der Waals surface area contributed by atoms with Crippen LogP contribution in [0.15, 0.2) is 41.4 Å². The van der Waals surface area contributed by atoms with E-state index in [0.717, 1.165) is 85.3 Å². The van der Waals surface area contributed by atoms with E-state index in [2.05, 4.69) is 37.8 Å². The molecule has 0 radical (unpaired) electrons. The maximum Gasteiger partial charge on any atom is 0.416 e. The molecule has 0 aromatic heterocycles. The Morgan fingerprint density at radius 3 is 2.17 bits per heavy atom. The molecule has 2 saturated heterocycles. The number of anilines is 1.